The number of rotatable bonds is 8. The maximum absolute atomic E-state index is 11.4. The van der Waals surface area contributed by atoms with Crippen LogP contribution in [0.25, 0.3) is 10.2 Å². The first-order chi connectivity index (χ1) is 14.7. The molecule has 1 aromatic heterocycles. The minimum Gasteiger partial charge on any atom is -0.872 e. The van der Waals surface area contributed by atoms with Crippen molar-refractivity contribution in [2.45, 2.75) is 6.61 Å². The summed E-state index contributed by atoms with van der Waals surface area (Å²) in [5.74, 6) is -0.0280. The number of hydrogen-bond donors (Lipinski definition) is 0. The Morgan fingerprint density at radius 2 is 1.77 bits per heavy atom. The molecular weight excluding hydrogens is 435 g/mol. The Morgan fingerprint density at radius 1 is 1.00 bits per heavy atom. The molecule has 0 aliphatic heterocycles. The Kier molecular flexibility index (Phi) is 9.15. The third-order valence-electron chi connectivity index (χ3n) is 4.57. The van der Waals surface area contributed by atoms with Gasteiger partial charge in [-0.15, -0.1) is 16.0 Å². The molecule has 0 saturated heterocycles. The minimum absolute atomic E-state index is 0. The minimum atomic E-state index is -0.0280. The maximum atomic E-state index is 11.4. The Bertz CT molecular complexity index is 1130. The van der Waals surface area contributed by atoms with Crippen molar-refractivity contribution in [2.75, 3.05) is 25.1 Å². The molecule has 0 N–H and O–H groups in total. The van der Waals surface area contributed by atoms with Crippen LogP contribution in [0.15, 0.2) is 83.0 Å². The van der Waals surface area contributed by atoms with Gasteiger partial charge in [0.2, 0.25) is 5.13 Å². The van der Waals surface area contributed by atoms with Crippen molar-refractivity contribution in [1.29, 1.82) is 0 Å². The van der Waals surface area contributed by atoms with Crippen molar-refractivity contribution in [3.05, 3.63) is 78.4 Å². The van der Waals surface area contributed by atoms with Gasteiger partial charge in [0.15, 0.2) is 0 Å². The number of benzene rings is 3. The fraction of sp³-hybridized carbons (Fsp3) is 0.174. The fourth-order valence-corrected chi connectivity index (χ4v) is 3.72. The van der Waals surface area contributed by atoms with E-state index in [1.807, 2.05) is 49.5 Å². The van der Waals surface area contributed by atoms with E-state index in [2.05, 4.69) is 32.2 Å². The molecule has 0 aliphatic rings. The third-order valence-corrected chi connectivity index (χ3v) is 5.48. The summed E-state index contributed by atoms with van der Waals surface area (Å²) >= 11 is 1.35. The van der Waals surface area contributed by atoms with Gasteiger partial charge in [0, 0.05) is 19.3 Å². The zero-order valence-electron chi connectivity index (χ0n) is 17.6. The molecule has 0 bridgehead atoms. The standard InChI is InChI=1S/C23H22N4O2S.K/c1-27(13-14-29-16-17-5-3-2-4-6-17)19-9-7-18(8-10-19)25-26-23-24-21-12-11-20(28)15-22(21)30-23;/h2-12,15,28H,13-14,16H2,1H3;/q;+1/p-1. The second kappa shape index (κ2) is 11.8. The number of fused-ring (bicyclic) bond motifs is 1. The van der Waals surface area contributed by atoms with Crippen LogP contribution in [0.1, 0.15) is 5.56 Å². The zero-order chi connectivity index (χ0) is 20.8. The fourth-order valence-electron chi connectivity index (χ4n) is 2.90. The molecule has 152 valence electrons. The van der Waals surface area contributed by atoms with Gasteiger partial charge in [-0.2, -0.15) is 0 Å². The maximum Gasteiger partial charge on any atom is 1.00 e. The van der Waals surface area contributed by atoms with E-state index in [0.29, 0.717) is 18.3 Å². The van der Waals surface area contributed by atoms with E-state index in [1.165, 1.54) is 23.0 Å². The van der Waals surface area contributed by atoms with Crippen molar-refractivity contribution in [2.24, 2.45) is 10.2 Å². The number of ether oxygens (including phenoxy) is 1. The number of anilines is 1. The van der Waals surface area contributed by atoms with Crippen LogP contribution in [0.4, 0.5) is 16.5 Å². The predicted octanol–water partition coefficient (Wildman–Crippen LogP) is 2.44. The van der Waals surface area contributed by atoms with Gasteiger partial charge in [0.25, 0.3) is 0 Å². The van der Waals surface area contributed by atoms with E-state index in [0.717, 1.165) is 28.1 Å². The van der Waals surface area contributed by atoms with E-state index < -0.39 is 0 Å². The van der Waals surface area contributed by atoms with Crippen LogP contribution in [0.3, 0.4) is 0 Å². The van der Waals surface area contributed by atoms with E-state index in [4.69, 9.17) is 4.74 Å². The molecule has 0 radical (unpaired) electrons. The number of azo groups is 1. The Hall–Kier alpha value is -1.65. The predicted molar refractivity (Wildman–Crippen MR) is 119 cm³/mol. The number of likely N-dealkylation sites (N-methyl/N-ethyl adjacent to an activating group) is 1. The summed E-state index contributed by atoms with van der Waals surface area (Å²) in [5, 5.41) is 20.4. The van der Waals surface area contributed by atoms with Gasteiger partial charge in [0.1, 0.15) is 0 Å². The van der Waals surface area contributed by atoms with E-state index in [9.17, 15) is 5.11 Å². The van der Waals surface area contributed by atoms with Gasteiger partial charge in [-0.1, -0.05) is 53.8 Å². The van der Waals surface area contributed by atoms with Crippen molar-refractivity contribution in [1.82, 2.24) is 4.98 Å². The molecule has 4 aromatic rings. The first-order valence-corrected chi connectivity index (χ1v) is 10.4. The molecule has 6 nitrogen and oxygen atoms in total. The molecule has 31 heavy (non-hydrogen) atoms. The first kappa shape index (κ1) is 24.0. The van der Waals surface area contributed by atoms with Crippen LogP contribution in [-0.2, 0) is 11.3 Å². The summed E-state index contributed by atoms with van der Waals surface area (Å²) in [6.45, 7) is 2.06. The Balaban J connectivity index is 0.00000272. The number of hydrogen-bond acceptors (Lipinski definition) is 7. The van der Waals surface area contributed by atoms with Crippen LogP contribution < -0.4 is 61.4 Å². The average Bonchev–Trinajstić information content (AvgIpc) is 3.18. The number of nitrogens with zero attached hydrogens (tertiary/aromatic N) is 4. The molecule has 0 aliphatic carbocycles. The van der Waals surface area contributed by atoms with Crippen molar-refractivity contribution < 1.29 is 61.2 Å². The van der Waals surface area contributed by atoms with Gasteiger partial charge < -0.3 is 14.7 Å². The number of aromatic nitrogens is 1. The Labute approximate surface area is 228 Å². The van der Waals surface area contributed by atoms with Gasteiger partial charge in [-0.05, 0) is 35.9 Å². The molecule has 0 atom stereocenters. The second-order valence-corrected chi connectivity index (χ2v) is 7.81. The molecule has 1 heterocycles. The van der Waals surface area contributed by atoms with Crippen LogP contribution in [0, 0.1) is 0 Å². The van der Waals surface area contributed by atoms with Crippen molar-refractivity contribution in [3.63, 3.8) is 0 Å². The summed E-state index contributed by atoms with van der Waals surface area (Å²) in [7, 11) is 2.04. The summed E-state index contributed by atoms with van der Waals surface area (Å²) in [5.41, 5.74) is 3.77. The Morgan fingerprint density at radius 3 is 2.55 bits per heavy atom. The van der Waals surface area contributed by atoms with Gasteiger partial charge in [-0.25, -0.2) is 4.98 Å². The van der Waals surface area contributed by atoms with Gasteiger partial charge >= 0.3 is 51.4 Å². The summed E-state index contributed by atoms with van der Waals surface area (Å²) < 4.78 is 6.58. The molecule has 4 rings (SSSR count). The molecule has 3 aromatic carbocycles. The van der Waals surface area contributed by atoms with Gasteiger partial charge in [0.05, 0.1) is 29.1 Å². The van der Waals surface area contributed by atoms with E-state index in [-0.39, 0.29) is 57.1 Å². The van der Waals surface area contributed by atoms with Gasteiger partial charge in [-0.3, -0.25) is 0 Å². The molecular formula is C23H21KN4O2S. The quantitative estimate of drug-likeness (QED) is 0.232. The van der Waals surface area contributed by atoms with E-state index in [1.54, 1.807) is 12.1 Å². The monoisotopic (exact) mass is 456 g/mol. The van der Waals surface area contributed by atoms with Crippen LogP contribution in [0.2, 0.25) is 0 Å². The SMILES string of the molecule is CN(CCOCc1ccccc1)c1ccc(N=Nc2nc3ccc([O-])cc3s2)cc1.[K+]. The normalized spacial score (nSPS) is 11.0. The van der Waals surface area contributed by atoms with Crippen molar-refractivity contribution >= 4 is 38.1 Å². The second-order valence-electron chi connectivity index (χ2n) is 6.80. The molecule has 0 saturated carbocycles. The summed E-state index contributed by atoms with van der Waals surface area (Å²) in [4.78, 5) is 6.51. The van der Waals surface area contributed by atoms with Crippen LogP contribution >= 0.6 is 11.3 Å². The molecule has 0 unspecified atom stereocenters. The van der Waals surface area contributed by atoms with Crippen LogP contribution in [0.5, 0.6) is 5.75 Å². The summed E-state index contributed by atoms with van der Waals surface area (Å²) in [6.07, 6.45) is 0. The first-order valence-electron chi connectivity index (χ1n) is 9.59. The smallest absolute Gasteiger partial charge is 0.872 e. The molecule has 0 spiro atoms. The van der Waals surface area contributed by atoms with Crippen molar-refractivity contribution in [3.8, 4) is 5.75 Å². The summed E-state index contributed by atoms with van der Waals surface area (Å²) in [6, 6.07) is 22.8. The average molecular weight is 457 g/mol. The van der Waals surface area contributed by atoms with Crippen LogP contribution in [-0.4, -0.2) is 25.2 Å². The molecule has 0 amide bonds. The van der Waals surface area contributed by atoms with E-state index >= 15 is 0 Å². The molecule has 8 heteroatoms. The third kappa shape index (κ3) is 6.91. The zero-order valence-corrected chi connectivity index (χ0v) is 21.5. The molecule has 0 fully saturated rings. The largest absolute Gasteiger partial charge is 1.00 e. The number of thiazole rings is 1. The topological polar surface area (TPSA) is 73.1 Å².